The number of carbonyl (C=O) groups excluding carboxylic acids is 2. The number of carbonyl (C=O) groups is 2. The molecular weight excluding hydrogens is 438 g/mol. The summed E-state index contributed by atoms with van der Waals surface area (Å²) in [6, 6.07) is 18.0. The predicted molar refractivity (Wildman–Crippen MR) is 135 cm³/mol. The summed E-state index contributed by atoms with van der Waals surface area (Å²) < 4.78 is 1.98. The molecule has 4 aromatic rings. The first-order valence-corrected chi connectivity index (χ1v) is 12.0. The second-order valence-corrected chi connectivity index (χ2v) is 9.21. The van der Waals surface area contributed by atoms with Gasteiger partial charge in [-0.3, -0.25) is 14.6 Å². The zero-order valence-electron chi connectivity index (χ0n) is 19.9. The number of hydrogen-bond donors (Lipinski definition) is 0. The number of fused-ring (bicyclic) bond motifs is 1. The lowest BCUT2D eigenvalue weighted by Crippen LogP contribution is -2.36. The van der Waals surface area contributed by atoms with Gasteiger partial charge in [-0.2, -0.15) is 0 Å². The molecule has 0 unspecified atom stereocenters. The molecule has 0 spiro atoms. The highest BCUT2D eigenvalue weighted by Crippen LogP contribution is 2.23. The average molecular weight is 468 g/mol. The van der Waals surface area contributed by atoms with E-state index < -0.39 is 0 Å². The Morgan fingerprint density at radius 3 is 2.63 bits per heavy atom. The van der Waals surface area contributed by atoms with E-state index in [0.717, 1.165) is 22.9 Å². The van der Waals surface area contributed by atoms with Crippen molar-refractivity contribution in [1.29, 1.82) is 0 Å². The fourth-order valence-corrected chi connectivity index (χ4v) is 4.94. The van der Waals surface area contributed by atoms with Gasteiger partial charge in [0, 0.05) is 69.2 Å². The van der Waals surface area contributed by atoms with E-state index in [0.29, 0.717) is 38.3 Å². The van der Waals surface area contributed by atoms with Gasteiger partial charge < -0.3 is 14.4 Å². The second kappa shape index (κ2) is 10.1. The highest BCUT2D eigenvalue weighted by molar-refractivity contribution is 5.94. The molecule has 1 saturated heterocycles. The van der Waals surface area contributed by atoms with Crippen molar-refractivity contribution < 1.29 is 9.59 Å². The molecule has 35 heavy (non-hydrogen) atoms. The van der Waals surface area contributed by atoms with Gasteiger partial charge in [0.15, 0.2) is 0 Å². The van der Waals surface area contributed by atoms with Crippen LogP contribution in [-0.2, 0) is 17.8 Å². The summed E-state index contributed by atoms with van der Waals surface area (Å²) in [4.78, 5) is 38.3. The van der Waals surface area contributed by atoms with E-state index in [2.05, 4.69) is 22.1 Å². The molecule has 7 nitrogen and oxygen atoms in total. The van der Waals surface area contributed by atoms with Crippen LogP contribution in [0.4, 0.5) is 0 Å². The molecule has 5 rings (SSSR count). The topological polar surface area (TPSA) is 71.3 Å². The maximum atomic E-state index is 13.6. The Labute approximate surface area is 205 Å². The van der Waals surface area contributed by atoms with Gasteiger partial charge in [0.05, 0.1) is 11.8 Å². The van der Waals surface area contributed by atoms with E-state index in [9.17, 15) is 9.59 Å². The van der Waals surface area contributed by atoms with E-state index in [1.165, 1.54) is 5.56 Å². The van der Waals surface area contributed by atoms with Crippen molar-refractivity contribution in [2.24, 2.45) is 5.92 Å². The number of benzene rings is 2. The monoisotopic (exact) mass is 467 g/mol. The number of nitrogens with zero attached hydrogens (tertiary/aromatic N) is 5. The highest BCUT2D eigenvalue weighted by Gasteiger charge is 2.28. The lowest BCUT2D eigenvalue weighted by molar-refractivity contribution is -0.129. The first-order chi connectivity index (χ1) is 17.1. The summed E-state index contributed by atoms with van der Waals surface area (Å²) in [7, 11) is 0. The first-order valence-electron chi connectivity index (χ1n) is 12.0. The Bertz CT molecular complexity index is 1330. The fraction of sp³-hybridized carbons (Fsp3) is 0.286. The van der Waals surface area contributed by atoms with Gasteiger partial charge in [-0.25, -0.2) is 4.98 Å². The Kier molecular flexibility index (Phi) is 6.57. The van der Waals surface area contributed by atoms with Gasteiger partial charge in [-0.05, 0) is 47.7 Å². The zero-order chi connectivity index (χ0) is 24.2. The van der Waals surface area contributed by atoms with Crippen LogP contribution in [0, 0.1) is 5.92 Å². The Balaban J connectivity index is 1.38. The minimum Gasteiger partial charge on any atom is -0.341 e. The van der Waals surface area contributed by atoms with Gasteiger partial charge in [0.2, 0.25) is 5.91 Å². The molecule has 0 saturated carbocycles. The average Bonchev–Trinajstić information content (AvgIpc) is 3.28. The summed E-state index contributed by atoms with van der Waals surface area (Å²) >= 11 is 0. The number of aromatic nitrogens is 3. The molecule has 7 heteroatoms. The Morgan fingerprint density at radius 1 is 0.971 bits per heavy atom. The molecule has 1 fully saturated rings. The lowest BCUT2D eigenvalue weighted by atomic mass is 9.95. The van der Waals surface area contributed by atoms with Crippen LogP contribution in [0.25, 0.3) is 10.9 Å². The predicted octanol–water partition coefficient (Wildman–Crippen LogP) is 3.64. The SMILES string of the molecule is CC(=O)N1CCN(C(=O)c2cccc(Cn3ccnc3)c2)C[C@@H](Cc2cccc3ncccc23)C1. The highest BCUT2D eigenvalue weighted by atomic mass is 16.2. The van der Waals surface area contributed by atoms with Crippen LogP contribution < -0.4 is 0 Å². The third-order valence-electron chi connectivity index (χ3n) is 6.67. The molecule has 0 aliphatic carbocycles. The molecule has 0 N–H and O–H groups in total. The van der Waals surface area contributed by atoms with E-state index >= 15 is 0 Å². The van der Waals surface area contributed by atoms with Crippen molar-refractivity contribution in [3.63, 3.8) is 0 Å². The van der Waals surface area contributed by atoms with Crippen LogP contribution in [0.1, 0.15) is 28.4 Å². The molecule has 2 amide bonds. The number of imidazole rings is 1. The van der Waals surface area contributed by atoms with Crippen molar-refractivity contribution in [3.8, 4) is 0 Å². The van der Waals surface area contributed by atoms with Crippen LogP contribution >= 0.6 is 0 Å². The van der Waals surface area contributed by atoms with Gasteiger partial charge >= 0.3 is 0 Å². The quantitative estimate of drug-likeness (QED) is 0.449. The first kappa shape index (κ1) is 22.8. The molecule has 0 bridgehead atoms. The standard InChI is InChI=1S/C28H29N5O2/c1-21(34)32-13-14-33(28(35)25-7-2-5-22(15-25)17-31-12-11-29-20-31)19-23(18-32)16-24-6-3-9-27-26(24)8-4-10-30-27/h2-12,15,20,23H,13-14,16-19H2,1H3/t23-/m0/s1. The minimum absolute atomic E-state index is 0.00692. The van der Waals surface area contributed by atoms with Crippen LogP contribution in [0.3, 0.4) is 0 Å². The van der Waals surface area contributed by atoms with E-state index in [4.69, 9.17) is 0 Å². The molecular formula is C28H29N5O2. The number of pyridine rings is 1. The van der Waals surface area contributed by atoms with E-state index in [1.807, 2.05) is 63.0 Å². The van der Waals surface area contributed by atoms with Crippen LogP contribution in [0.5, 0.6) is 0 Å². The zero-order valence-corrected chi connectivity index (χ0v) is 19.9. The van der Waals surface area contributed by atoms with Gasteiger partial charge in [0.25, 0.3) is 5.91 Å². The molecule has 1 aliphatic heterocycles. The third-order valence-corrected chi connectivity index (χ3v) is 6.67. The van der Waals surface area contributed by atoms with Gasteiger partial charge in [-0.15, -0.1) is 0 Å². The molecule has 0 radical (unpaired) electrons. The van der Waals surface area contributed by atoms with Crippen LogP contribution in [0.15, 0.2) is 79.5 Å². The lowest BCUT2D eigenvalue weighted by Gasteiger charge is -2.25. The van der Waals surface area contributed by atoms with Gasteiger partial charge in [0.1, 0.15) is 0 Å². The van der Waals surface area contributed by atoms with Crippen LogP contribution in [0.2, 0.25) is 0 Å². The largest absolute Gasteiger partial charge is 0.341 e. The summed E-state index contributed by atoms with van der Waals surface area (Å²) in [6.45, 7) is 4.58. The Morgan fingerprint density at radius 2 is 1.80 bits per heavy atom. The van der Waals surface area contributed by atoms with Crippen molar-refractivity contribution in [1.82, 2.24) is 24.3 Å². The summed E-state index contributed by atoms with van der Waals surface area (Å²) in [5.41, 5.74) is 3.88. The van der Waals surface area contributed by atoms with Crippen molar-refractivity contribution in [2.45, 2.75) is 19.9 Å². The maximum Gasteiger partial charge on any atom is 0.253 e. The molecule has 3 heterocycles. The van der Waals surface area contributed by atoms with E-state index in [-0.39, 0.29) is 17.7 Å². The smallest absolute Gasteiger partial charge is 0.253 e. The minimum atomic E-state index is 0.00692. The van der Waals surface area contributed by atoms with Crippen molar-refractivity contribution in [2.75, 3.05) is 26.2 Å². The second-order valence-electron chi connectivity index (χ2n) is 9.21. The fourth-order valence-electron chi connectivity index (χ4n) is 4.94. The van der Waals surface area contributed by atoms with Gasteiger partial charge in [-0.1, -0.05) is 30.3 Å². The number of amides is 2. The normalized spacial score (nSPS) is 16.3. The van der Waals surface area contributed by atoms with Crippen LogP contribution in [-0.4, -0.2) is 62.3 Å². The van der Waals surface area contributed by atoms with Crippen molar-refractivity contribution >= 4 is 22.7 Å². The number of rotatable bonds is 5. The number of hydrogen-bond acceptors (Lipinski definition) is 4. The molecule has 178 valence electrons. The summed E-state index contributed by atoms with van der Waals surface area (Å²) in [5, 5.41) is 1.12. The third kappa shape index (κ3) is 5.24. The van der Waals surface area contributed by atoms with Crippen molar-refractivity contribution in [3.05, 3.63) is 96.2 Å². The molecule has 1 atom stereocenters. The van der Waals surface area contributed by atoms with E-state index in [1.54, 1.807) is 25.6 Å². The molecule has 1 aliphatic rings. The summed E-state index contributed by atoms with van der Waals surface area (Å²) in [5.74, 6) is 0.184. The Hall–Kier alpha value is -4.00. The maximum absolute atomic E-state index is 13.6. The summed E-state index contributed by atoms with van der Waals surface area (Å²) in [6.07, 6.45) is 8.01. The molecule has 2 aromatic carbocycles. The molecule has 2 aromatic heterocycles.